The fourth-order valence-electron chi connectivity index (χ4n) is 1.38. The Labute approximate surface area is 115 Å². The lowest BCUT2D eigenvalue weighted by Gasteiger charge is -2.15. The molecule has 106 valence electrons. The molecule has 2 N–H and O–H groups in total. The van der Waals surface area contributed by atoms with E-state index in [9.17, 15) is 19.3 Å². The van der Waals surface area contributed by atoms with Crippen LogP contribution in [0.25, 0.3) is 0 Å². The number of hydrogen-bond donors (Lipinski definition) is 1. The van der Waals surface area contributed by atoms with Crippen molar-refractivity contribution >= 4 is 24.1 Å². The van der Waals surface area contributed by atoms with Crippen molar-refractivity contribution in [3.05, 3.63) is 39.9 Å². The fraction of sp³-hybridized carbons (Fsp3) is 0.364. The van der Waals surface area contributed by atoms with Crippen LogP contribution in [0.15, 0.2) is 24.3 Å². The molecule has 0 heterocycles. The maximum Gasteiger partial charge on any atom is 0.342 e. The molecule has 1 rings (SSSR count). The number of nitro benzene ring substituents is 1. The standard InChI is InChI=1S/C11H13FN2O4.ClH/c1-2-18-11(15)9(12)10(13)7-4-3-5-8(6-7)14(16)17;/h3-6,9-10H,2,13H2,1H3;1H/t9?,10-;/m1./s1. The highest BCUT2D eigenvalue weighted by atomic mass is 35.5. The molecular weight excluding hydrogens is 279 g/mol. The van der Waals surface area contributed by atoms with Gasteiger partial charge in [-0.05, 0) is 12.5 Å². The first-order chi connectivity index (χ1) is 8.47. The molecule has 6 nitrogen and oxygen atoms in total. The molecule has 0 amide bonds. The zero-order valence-corrected chi connectivity index (χ0v) is 10.9. The minimum atomic E-state index is -2.05. The zero-order valence-electron chi connectivity index (χ0n) is 10.1. The summed E-state index contributed by atoms with van der Waals surface area (Å²) in [4.78, 5) is 21.1. The van der Waals surface area contributed by atoms with Gasteiger partial charge in [-0.15, -0.1) is 12.4 Å². The van der Waals surface area contributed by atoms with Gasteiger partial charge in [-0.1, -0.05) is 12.1 Å². The largest absolute Gasteiger partial charge is 0.464 e. The van der Waals surface area contributed by atoms with Crippen LogP contribution in [0.1, 0.15) is 18.5 Å². The molecule has 0 aliphatic carbocycles. The van der Waals surface area contributed by atoms with Crippen molar-refractivity contribution < 1.29 is 18.8 Å². The normalized spacial score (nSPS) is 13.0. The first-order valence-corrected chi connectivity index (χ1v) is 5.28. The van der Waals surface area contributed by atoms with Gasteiger partial charge in [-0.2, -0.15) is 0 Å². The first-order valence-electron chi connectivity index (χ1n) is 5.28. The van der Waals surface area contributed by atoms with Crippen LogP contribution in [0.2, 0.25) is 0 Å². The number of carbonyl (C=O) groups excluding carboxylic acids is 1. The van der Waals surface area contributed by atoms with Crippen LogP contribution in [-0.4, -0.2) is 23.7 Å². The molecule has 0 aliphatic heterocycles. The number of nitro groups is 1. The van der Waals surface area contributed by atoms with Gasteiger partial charge in [-0.3, -0.25) is 10.1 Å². The molecule has 0 saturated carbocycles. The lowest BCUT2D eigenvalue weighted by atomic mass is 10.0. The molecule has 0 aliphatic rings. The van der Waals surface area contributed by atoms with Crippen LogP contribution >= 0.6 is 12.4 Å². The summed E-state index contributed by atoms with van der Waals surface area (Å²) < 4.78 is 18.1. The highest BCUT2D eigenvalue weighted by molar-refractivity contribution is 5.85. The molecular formula is C11H14ClFN2O4. The van der Waals surface area contributed by atoms with Crippen molar-refractivity contribution in [2.75, 3.05) is 6.61 Å². The Hall–Kier alpha value is -1.73. The summed E-state index contributed by atoms with van der Waals surface area (Å²) in [6, 6.07) is 3.91. The summed E-state index contributed by atoms with van der Waals surface area (Å²) in [7, 11) is 0. The molecule has 8 heteroatoms. The molecule has 0 fully saturated rings. The number of esters is 1. The van der Waals surface area contributed by atoms with Gasteiger partial charge in [0.15, 0.2) is 0 Å². The van der Waals surface area contributed by atoms with Crippen LogP contribution in [-0.2, 0) is 9.53 Å². The summed E-state index contributed by atoms with van der Waals surface area (Å²) in [5.74, 6) is -1.07. The quantitative estimate of drug-likeness (QED) is 0.508. The lowest BCUT2D eigenvalue weighted by Crippen LogP contribution is -2.31. The molecule has 1 aromatic rings. The van der Waals surface area contributed by atoms with Crippen molar-refractivity contribution in [2.24, 2.45) is 5.73 Å². The molecule has 1 unspecified atom stereocenters. The third-order valence-electron chi connectivity index (χ3n) is 2.29. The summed E-state index contributed by atoms with van der Waals surface area (Å²) >= 11 is 0. The van der Waals surface area contributed by atoms with E-state index < -0.39 is 23.1 Å². The Balaban J connectivity index is 0.00000324. The molecule has 0 spiro atoms. The van der Waals surface area contributed by atoms with Gasteiger partial charge in [0, 0.05) is 12.1 Å². The van der Waals surface area contributed by atoms with E-state index in [1.165, 1.54) is 18.2 Å². The topological polar surface area (TPSA) is 95.5 Å². The van der Waals surface area contributed by atoms with Gasteiger partial charge in [0.05, 0.1) is 17.6 Å². The second-order valence-corrected chi connectivity index (χ2v) is 3.53. The Morgan fingerprint density at radius 3 is 2.74 bits per heavy atom. The van der Waals surface area contributed by atoms with Crippen molar-refractivity contribution in [1.82, 2.24) is 0 Å². The molecule has 0 radical (unpaired) electrons. The Kier molecular flexibility index (Phi) is 6.95. The highest BCUT2D eigenvalue weighted by Crippen LogP contribution is 2.22. The Morgan fingerprint density at radius 2 is 2.21 bits per heavy atom. The molecule has 1 aromatic carbocycles. The number of ether oxygens (including phenoxy) is 1. The van der Waals surface area contributed by atoms with Gasteiger partial charge in [0.1, 0.15) is 0 Å². The molecule has 0 aromatic heterocycles. The monoisotopic (exact) mass is 292 g/mol. The van der Waals surface area contributed by atoms with Gasteiger partial charge >= 0.3 is 5.97 Å². The van der Waals surface area contributed by atoms with E-state index in [-0.39, 0.29) is 30.3 Å². The highest BCUT2D eigenvalue weighted by Gasteiger charge is 2.28. The second-order valence-electron chi connectivity index (χ2n) is 3.53. The van der Waals surface area contributed by atoms with E-state index in [0.29, 0.717) is 0 Å². The zero-order chi connectivity index (χ0) is 13.7. The molecule has 0 bridgehead atoms. The van der Waals surface area contributed by atoms with E-state index >= 15 is 0 Å². The second kappa shape index (κ2) is 7.65. The van der Waals surface area contributed by atoms with Crippen molar-refractivity contribution in [3.63, 3.8) is 0 Å². The number of rotatable bonds is 5. The maximum absolute atomic E-state index is 13.6. The van der Waals surface area contributed by atoms with Crippen molar-refractivity contribution in [1.29, 1.82) is 0 Å². The minimum absolute atomic E-state index is 0. The summed E-state index contributed by atoms with van der Waals surface area (Å²) in [6.07, 6.45) is -2.05. The number of nitrogens with two attached hydrogens (primary N) is 1. The summed E-state index contributed by atoms with van der Waals surface area (Å²) in [5.41, 5.74) is 5.50. The number of carbonyl (C=O) groups is 1. The summed E-state index contributed by atoms with van der Waals surface area (Å²) in [5, 5.41) is 10.6. The summed E-state index contributed by atoms with van der Waals surface area (Å²) in [6.45, 7) is 1.59. The van der Waals surface area contributed by atoms with Gasteiger partial charge in [0.2, 0.25) is 6.17 Å². The van der Waals surface area contributed by atoms with Gasteiger partial charge in [0.25, 0.3) is 5.69 Å². The maximum atomic E-state index is 13.6. The minimum Gasteiger partial charge on any atom is -0.464 e. The molecule has 19 heavy (non-hydrogen) atoms. The van der Waals surface area contributed by atoms with Crippen LogP contribution in [0.3, 0.4) is 0 Å². The molecule has 2 atom stereocenters. The van der Waals surface area contributed by atoms with Crippen molar-refractivity contribution in [2.45, 2.75) is 19.1 Å². The van der Waals surface area contributed by atoms with Crippen LogP contribution in [0.4, 0.5) is 10.1 Å². The van der Waals surface area contributed by atoms with E-state index in [1.807, 2.05) is 0 Å². The van der Waals surface area contributed by atoms with Crippen LogP contribution in [0, 0.1) is 10.1 Å². The lowest BCUT2D eigenvalue weighted by molar-refractivity contribution is -0.384. The SMILES string of the molecule is CCOC(=O)C(F)[C@H](N)c1cccc([N+](=O)[O-])c1.Cl. The smallest absolute Gasteiger partial charge is 0.342 e. The predicted molar refractivity (Wildman–Crippen MR) is 68.8 cm³/mol. The number of alkyl halides is 1. The molecule has 0 saturated heterocycles. The Morgan fingerprint density at radius 1 is 1.58 bits per heavy atom. The van der Waals surface area contributed by atoms with E-state index in [0.717, 1.165) is 6.07 Å². The van der Waals surface area contributed by atoms with Crippen molar-refractivity contribution in [3.8, 4) is 0 Å². The first kappa shape index (κ1) is 17.3. The van der Waals surface area contributed by atoms with Crippen LogP contribution < -0.4 is 5.73 Å². The van der Waals surface area contributed by atoms with Gasteiger partial charge in [-0.25, -0.2) is 9.18 Å². The average Bonchev–Trinajstić information content (AvgIpc) is 2.37. The third kappa shape index (κ3) is 4.46. The number of benzene rings is 1. The Bertz CT molecular complexity index is 458. The average molecular weight is 293 g/mol. The van der Waals surface area contributed by atoms with E-state index in [4.69, 9.17) is 5.73 Å². The van der Waals surface area contributed by atoms with Gasteiger partial charge < -0.3 is 10.5 Å². The van der Waals surface area contributed by atoms with E-state index in [1.54, 1.807) is 6.92 Å². The number of halogens is 2. The fourth-order valence-corrected chi connectivity index (χ4v) is 1.38. The third-order valence-corrected chi connectivity index (χ3v) is 2.29. The number of hydrogen-bond acceptors (Lipinski definition) is 5. The predicted octanol–water partition coefficient (Wildman–Crippen LogP) is 1.92. The number of nitrogens with zero attached hydrogens (tertiary/aromatic N) is 1. The van der Waals surface area contributed by atoms with Crippen LogP contribution in [0.5, 0.6) is 0 Å². The van der Waals surface area contributed by atoms with E-state index in [2.05, 4.69) is 4.74 Å². The number of non-ortho nitro benzene ring substituents is 1.